The summed E-state index contributed by atoms with van der Waals surface area (Å²) in [4.78, 5) is 11.0. The third-order valence-electron chi connectivity index (χ3n) is 2.69. The van der Waals surface area contributed by atoms with Crippen LogP contribution in [0.15, 0.2) is 45.7 Å². The number of carbonyl (C=O) groups is 1. The van der Waals surface area contributed by atoms with E-state index in [0.29, 0.717) is 0 Å². The van der Waals surface area contributed by atoms with Crippen LogP contribution in [-0.2, 0) is 16.6 Å². The predicted octanol–water partition coefficient (Wildman–Crippen LogP) is 1.76. The van der Waals surface area contributed by atoms with Crippen LogP contribution in [0, 0.1) is 6.92 Å². The van der Waals surface area contributed by atoms with Gasteiger partial charge in [-0.05, 0) is 25.1 Å². The molecule has 1 aromatic heterocycles. The van der Waals surface area contributed by atoms with Crippen molar-refractivity contribution in [3.05, 3.63) is 53.5 Å². The second-order valence-corrected chi connectivity index (χ2v) is 5.89. The number of hydrogen-bond acceptors (Lipinski definition) is 4. The number of furan rings is 1. The van der Waals surface area contributed by atoms with Gasteiger partial charge in [0.2, 0.25) is 10.0 Å². The second kappa shape index (κ2) is 5.48. The van der Waals surface area contributed by atoms with Crippen molar-refractivity contribution in [2.75, 3.05) is 0 Å². The number of rotatable bonds is 5. The zero-order chi connectivity index (χ0) is 14.8. The lowest BCUT2D eigenvalue weighted by atomic mass is 10.2. The molecule has 2 N–H and O–H groups in total. The molecule has 6 nitrogen and oxygen atoms in total. The molecule has 0 saturated carbocycles. The molecule has 20 heavy (non-hydrogen) atoms. The molecular formula is C13H13NO5S. The van der Waals surface area contributed by atoms with Crippen LogP contribution in [0.3, 0.4) is 0 Å². The maximum atomic E-state index is 12.0. The lowest BCUT2D eigenvalue weighted by Crippen LogP contribution is -2.22. The molecule has 0 spiro atoms. The zero-order valence-corrected chi connectivity index (χ0v) is 11.5. The van der Waals surface area contributed by atoms with Gasteiger partial charge in [0.25, 0.3) is 0 Å². The standard InChI is InChI=1S/C13H13NO5S/c1-9-12(13(15)16)7-10(19-9)8-14-20(17,18)11-5-3-2-4-6-11/h2-7,14H,8H2,1H3,(H,15,16). The molecule has 0 unspecified atom stereocenters. The van der Waals surface area contributed by atoms with E-state index in [4.69, 9.17) is 9.52 Å². The topological polar surface area (TPSA) is 96.6 Å². The summed E-state index contributed by atoms with van der Waals surface area (Å²) in [6.07, 6.45) is 0. The highest BCUT2D eigenvalue weighted by molar-refractivity contribution is 7.89. The van der Waals surface area contributed by atoms with E-state index < -0.39 is 16.0 Å². The normalized spacial score (nSPS) is 11.4. The number of sulfonamides is 1. The Balaban J connectivity index is 2.13. The maximum Gasteiger partial charge on any atom is 0.339 e. The van der Waals surface area contributed by atoms with Crippen LogP contribution >= 0.6 is 0 Å². The molecule has 7 heteroatoms. The number of benzene rings is 1. The Morgan fingerprint density at radius 1 is 1.30 bits per heavy atom. The van der Waals surface area contributed by atoms with Crippen LogP contribution in [0.4, 0.5) is 0 Å². The Morgan fingerprint density at radius 3 is 2.50 bits per heavy atom. The maximum absolute atomic E-state index is 12.0. The van der Waals surface area contributed by atoms with E-state index in [2.05, 4.69) is 4.72 Å². The highest BCUT2D eigenvalue weighted by Gasteiger charge is 2.17. The van der Waals surface area contributed by atoms with Gasteiger partial charge in [-0.1, -0.05) is 18.2 Å². The summed E-state index contributed by atoms with van der Waals surface area (Å²) in [6, 6.07) is 9.21. The molecule has 0 radical (unpaired) electrons. The predicted molar refractivity (Wildman–Crippen MR) is 70.9 cm³/mol. The molecule has 0 atom stereocenters. The van der Waals surface area contributed by atoms with Crippen LogP contribution < -0.4 is 4.72 Å². The van der Waals surface area contributed by atoms with Crippen molar-refractivity contribution in [3.63, 3.8) is 0 Å². The Kier molecular flexibility index (Phi) is 3.91. The lowest BCUT2D eigenvalue weighted by Gasteiger charge is -2.04. The van der Waals surface area contributed by atoms with Crippen molar-refractivity contribution < 1.29 is 22.7 Å². The number of carboxylic acids is 1. The van der Waals surface area contributed by atoms with Gasteiger partial charge in [-0.2, -0.15) is 0 Å². The zero-order valence-electron chi connectivity index (χ0n) is 10.7. The summed E-state index contributed by atoms with van der Waals surface area (Å²) in [5.41, 5.74) is 0.0268. The van der Waals surface area contributed by atoms with Crippen LogP contribution in [0.1, 0.15) is 21.9 Å². The first-order valence-corrected chi connectivity index (χ1v) is 7.26. The van der Waals surface area contributed by atoms with Gasteiger partial charge in [0, 0.05) is 0 Å². The Hall–Kier alpha value is -2.12. The first-order chi connectivity index (χ1) is 9.40. The third-order valence-corrected chi connectivity index (χ3v) is 4.11. The fourth-order valence-corrected chi connectivity index (χ4v) is 2.71. The van der Waals surface area contributed by atoms with E-state index in [-0.39, 0.29) is 28.5 Å². The highest BCUT2D eigenvalue weighted by atomic mass is 32.2. The Bertz CT molecular complexity index is 718. The SMILES string of the molecule is Cc1oc(CNS(=O)(=O)c2ccccc2)cc1C(=O)O. The van der Waals surface area contributed by atoms with Gasteiger partial charge >= 0.3 is 5.97 Å². The number of aryl methyl sites for hydroxylation is 1. The summed E-state index contributed by atoms with van der Waals surface area (Å²) in [6.45, 7) is 1.41. The molecule has 0 bridgehead atoms. The minimum absolute atomic E-state index is 0.0268. The number of hydrogen-bond donors (Lipinski definition) is 2. The van der Waals surface area contributed by atoms with E-state index in [0.717, 1.165) is 0 Å². The molecule has 0 fully saturated rings. The first kappa shape index (κ1) is 14.3. The van der Waals surface area contributed by atoms with Crippen molar-refractivity contribution in [1.29, 1.82) is 0 Å². The van der Waals surface area contributed by atoms with Gasteiger partial charge in [-0.3, -0.25) is 0 Å². The van der Waals surface area contributed by atoms with E-state index >= 15 is 0 Å². The number of carboxylic acid groups (broad SMARTS) is 1. The van der Waals surface area contributed by atoms with Gasteiger partial charge in [0.05, 0.1) is 11.4 Å². The average molecular weight is 295 g/mol. The molecule has 1 aromatic carbocycles. The largest absolute Gasteiger partial charge is 0.478 e. The molecule has 0 saturated heterocycles. The molecule has 106 valence electrons. The summed E-state index contributed by atoms with van der Waals surface area (Å²) < 4.78 is 31.5. The second-order valence-electron chi connectivity index (χ2n) is 4.13. The van der Waals surface area contributed by atoms with Crippen molar-refractivity contribution in [3.8, 4) is 0 Å². The fraction of sp³-hybridized carbons (Fsp3) is 0.154. The third kappa shape index (κ3) is 3.06. The highest BCUT2D eigenvalue weighted by Crippen LogP contribution is 2.15. The van der Waals surface area contributed by atoms with Crippen LogP contribution in [-0.4, -0.2) is 19.5 Å². The summed E-state index contributed by atoms with van der Waals surface area (Å²) in [5, 5.41) is 8.89. The minimum atomic E-state index is -3.64. The molecule has 2 rings (SSSR count). The van der Waals surface area contributed by atoms with Crippen LogP contribution in [0.25, 0.3) is 0 Å². The van der Waals surface area contributed by atoms with Crippen molar-refractivity contribution in [2.24, 2.45) is 0 Å². The smallest absolute Gasteiger partial charge is 0.339 e. The van der Waals surface area contributed by atoms with E-state index in [1.54, 1.807) is 18.2 Å². The van der Waals surface area contributed by atoms with Crippen molar-refractivity contribution in [2.45, 2.75) is 18.4 Å². The molecule has 0 aliphatic heterocycles. The van der Waals surface area contributed by atoms with Gasteiger partial charge in [0.1, 0.15) is 17.1 Å². The van der Waals surface area contributed by atoms with E-state index in [9.17, 15) is 13.2 Å². The summed E-state index contributed by atoms with van der Waals surface area (Å²) in [5.74, 6) is -0.616. The average Bonchev–Trinajstić information content (AvgIpc) is 2.79. The minimum Gasteiger partial charge on any atom is -0.478 e. The molecule has 0 amide bonds. The van der Waals surface area contributed by atoms with E-state index in [1.165, 1.54) is 25.1 Å². The Labute approximate surface area is 116 Å². The lowest BCUT2D eigenvalue weighted by molar-refractivity contribution is 0.0695. The Morgan fingerprint density at radius 2 is 1.95 bits per heavy atom. The molecule has 1 heterocycles. The van der Waals surface area contributed by atoms with E-state index in [1.807, 2.05) is 0 Å². The van der Waals surface area contributed by atoms with Crippen molar-refractivity contribution in [1.82, 2.24) is 4.72 Å². The molecule has 0 aliphatic rings. The summed E-state index contributed by atoms with van der Waals surface area (Å²) in [7, 11) is -3.64. The fourth-order valence-electron chi connectivity index (χ4n) is 1.69. The number of aromatic carboxylic acids is 1. The van der Waals surface area contributed by atoms with Crippen LogP contribution in [0.5, 0.6) is 0 Å². The summed E-state index contributed by atoms with van der Waals surface area (Å²) >= 11 is 0. The first-order valence-electron chi connectivity index (χ1n) is 5.77. The van der Waals surface area contributed by atoms with Gasteiger partial charge in [-0.15, -0.1) is 0 Å². The van der Waals surface area contributed by atoms with Gasteiger partial charge < -0.3 is 9.52 Å². The molecular weight excluding hydrogens is 282 g/mol. The molecule has 0 aliphatic carbocycles. The monoisotopic (exact) mass is 295 g/mol. The van der Waals surface area contributed by atoms with Crippen molar-refractivity contribution >= 4 is 16.0 Å². The van der Waals surface area contributed by atoms with Crippen LogP contribution in [0.2, 0.25) is 0 Å². The molecule has 2 aromatic rings. The van der Waals surface area contributed by atoms with Gasteiger partial charge in [0.15, 0.2) is 0 Å². The van der Waals surface area contributed by atoms with Gasteiger partial charge in [-0.25, -0.2) is 17.9 Å². The number of nitrogens with one attached hydrogen (secondary N) is 1. The quantitative estimate of drug-likeness (QED) is 0.876.